The number of hydrogen-bond acceptors (Lipinski definition) is 1. The molecule has 3 rings (SSSR count). The van der Waals surface area contributed by atoms with Crippen LogP contribution in [0.4, 0.5) is 0 Å². The molecular weight excluding hydrogens is 234 g/mol. The largest absolute Gasteiger partial charge is 0.388 e. The van der Waals surface area contributed by atoms with Gasteiger partial charge < -0.3 is 9.67 Å². The fourth-order valence-corrected chi connectivity index (χ4v) is 3.09. The van der Waals surface area contributed by atoms with E-state index in [9.17, 15) is 5.11 Å². The Balaban J connectivity index is 2.13. The molecule has 2 nitrogen and oxygen atoms in total. The van der Waals surface area contributed by atoms with Gasteiger partial charge in [0.15, 0.2) is 0 Å². The first-order valence-corrected chi connectivity index (χ1v) is 7.16. The lowest BCUT2D eigenvalue weighted by Gasteiger charge is -2.22. The van der Waals surface area contributed by atoms with E-state index >= 15 is 0 Å². The Morgan fingerprint density at radius 1 is 1.21 bits per heavy atom. The van der Waals surface area contributed by atoms with Gasteiger partial charge in [-0.3, -0.25) is 0 Å². The molecule has 0 bridgehead atoms. The molecule has 1 aliphatic carbocycles. The SMILES string of the molecule is CC(C)c1ccccc1-n1ccc2c1CCCC2O. The van der Waals surface area contributed by atoms with Gasteiger partial charge in [0.05, 0.1) is 6.10 Å². The molecule has 0 amide bonds. The molecule has 100 valence electrons. The first-order valence-electron chi connectivity index (χ1n) is 7.16. The van der Waals surface area contributed by atoms with Crippen LogP contribution in [0.1, 0.15) is 55.5 Å². The predicted octanol–water partition coefficient (Wildman–Crippen LogP) is 3.97. The number of fused-ring (bicyclic) bond motifs is 1. The summed E-state index contributed by atoms with van der Waals surface area (Å²) in [7, 11) is 0. The van der Waals surface area contributed by atoms with Gasteiger partial charge in [0.25, 0.3) is 0 Å². The Labute approximate surface area is 114 Å². The quantitative estimate of drug-likeness (QED) is 0.863. The molecule has 2 heteroatoms. The predicted molar refractivity (Wildman–Crippen MR) is 77.8 cm³/mol. The van der Waals surface area contributed by atoms with Gasteiger partial charge in [-0.15, -0.1) is 0 Å². The van der Waals surface area contributed by atoms with E-state index in [1.807, 2.05) is 0 Å². The van der Waals surface area contributed by atoms with Crippen molar-refractivity contribution in [3.05, 3.63) is 53.3 Å². The van der Waals surface area contributed by atoms with Crippen molar-refractivity contribution in [1.29, 1.82) is 0 Å². The maximum atomic E-state index is 10.1. The van der Waals surface area contributed by atoms with Crippen molar-refractivity contribution in [1.82, 2.24) is 4.57 Å². The molecular formula is C17H21NO. The molecule has 1 atom stereocenters. The second-order valence-electron chi connectivity index (χ2n) is 5.71. The molecule has 0 aliphatic heterocycles. The Morgan fingerprint density at radius 3 is 2.79 bits per heavy atom. The molecule has 1 aliphatic rings. The minimum atomic E-state index is -0.281. The van der Waals surface area contributed by atoms with E-state index in [0.717, 1.165) is 24.8 Å². The van der Waals surface area contributed by atoms with Gasteiger partial charge in [-0.25, -0.2) is 0 Å². The molecule has 0 saturated carbocycles. The maximum Gasteiger partial charge on any atom is 0.0807 e. The van der Waals surface area contributed by atoms with E-state index in [1.165, 1.54) is 16.9 Å². The fourth-order valence-electron chi connectivity index (χ4n) is 3.09. The second-order valence-corrected chi connectivity index (χ2v) is 5.71. The number of nitrogens with zero attached hydrogens (tertiary/aromatic N) is 1. The Bertz CT molecular complexity index is 583. The van der Waals surface area contributed by atoms with Crippen LogP contribution in [-0.2, 0) is 6.42 Å². The Kier molecular flexibility index (Phi) is 3.19. The summed E-state index contributed by atoms with van der Waals surface area (Å²) < 4.78 is 2.27. The van der Waals surface area contributed by atoms with E-state index in [4.69, 9.17) is 0 Å². The first kappa shape index (κ1) is 12.5. The topological polar surface area (TPSA) is 25.2 Å². The second kappa shape index (κ2) is 4.86. The van der Waals surface area contributed by atoms with Gasteiger partial charge >= 0.3 is 0 Å². The fraction of sp³-hybridized carbons (Fsp3) is 0.412. The van der Waals surface area contributed by atoms with Crippen LogP contribution in [0.15, 0.2) is 36.5 Å². The number of aliphatic hydroxyl groups excluding tert-OH is 1. The number of hydrogen-bond donors (Lipinski definition) is 1. The normalized spacial score (nSPS) is 18.6. The minimum absolute atomic E-state index is 0.281. The average molecular weight is 255 g/mol. The molecule has 0 radical (unpaired) electrons. The third-order valence-electron chi connectivity index (χ3n) is 4.10. The van der Waals surface area contributed by atoms with Crippen LogP contribution in [0, 0.1) is 0 Å². The van der Waals surface area contributed by atoms with Crippen LogP contribution in [0.5, 0.6) is 0 Å². The van der Waals surface area contributed by atoms with Crippen molar-refractivity contribution >= 4 is 0 Å². The molecule has 2 aromatic rings. The maximum absolute atomic E-state index is 10.1. The number of para-hydroxylation sites is 1. The molecule has 0 spiro atoms. The summed E-state index contributed by atoms with van der Waals surface area (Å²) >= 11 is 0. The van der Waals surface area contributed by atoms with Crippen LogP contribution in [-0.4, -0.2) is 9.67 Å². The summed E-state index contributed by atoms with van der Waals surface area (Å²) in [5, 5.41) is 10.1. The van der Waals surface area contributed by atoms with Gasteiger partial charge in [0.1, 0.15) is 0 Å². The van der Waals surface area contributed by atoms with Gasteiger partial charge in [0, 0.05) is 23.1 Å². The smallest absolute Gasteiger partial charge is 0.0807 e. The summed E-state index contributed by atoms with van der Waals surface area (Å²) in [5.74, 6) is 0.503. The third-order valence-corrected chi connectivity index (χ3v) is 4.10. The van der Waals surface area contributed by atoms with Crippen molar-refractivity contribution in [3.8, 4) is 5.69 Å². The lowest BCUT2D eigenvalue weighted by molar-refractivity contribution is 0.156. The van der Waals surface area contributed by atoms with Gasteiger partial charge in [0.2, 0.25) is 0 Å². The van der Waals surface area contributed by atoms with Gasteiger partial charge in [-0.05, 0) is 42.9 Å². The minimum Gasteiger partial charge on any atom is -0.388 e. The first-order chi connectivity index (χ1) is 9.18. The zero-order chi connectivity index (χ0) is 13.4. The molecule has 1 N–H and O–H groups in total. The number of aliphatic hydroxyl groups is 1. The van der Waals surface area contributed by atoms with Crippen LogP contribution in [0.2, 0.25) is 0 Å². The number of aromatic nitrogens is 1. The van der Waals surface area contributed by atoms with Gasteiger partial charge in [-0.2, -0.15) is 0 Å². The van der Waals surface area contributed by atoms with Crippen LogP contribution in [0.3, 0.4) is 0 Å². The molecule has 0 saturated heterocycles. The Hall–Kier alpha value is -1.54. The van der Waals surface area contributed by atoms with Crippen molar-refractivity contribution in [3.63, 3.8) is 0 Å². The standard InChI is InChI=1S/C17H21NO/c1-12(2)13-6-3-4-7-15(13)18-11-10-14-16(18)8-5-9-17(14)19/h3-4,6-7,10-12,17,19H,5,8-9H2,1-2H3. The molecule has 1 unspecified atom stereocenters. The summed E-state index contributed by atoms with van der Waals surface area (Å²) in [6.07, 6.45) is 4.85. The zero-order valence-electron chi connectivity index (χ0n) is 11.6. The van der Waals surface area contributed by atoms with Crippen molar-refractivity contribution in [2.24, 2.45) is 0 Å². The molecule has 1 heterocycles. The van der Waals surface area contributed by atoms with E-state index < -0.39 is 0 Å². The molecule has 1 aromatic carbocycles. The monoisotopic (exact) mass is 255 g/mol. The molecule has 1 aromatic heterocycles. The highest BCUT2D eigenvalue weighted by atomic mass is 16.3. The summed E-state index contributed by atoms with van der Waals surface area (Å²) in [6.45, 7) is 4.45. The van der Waals surface area contributed by atoms with Crippen LogP contribution in [0.25, 0.3) is 5.69 Å². The third kappa shape index (κ3) is 2.10. The highest BCUT2D eigenvalue weighted by Gasteiger charge is 2.22. The van der Waals surface area contributed by atoms with E-state index in [0.29, 0.717) is 5.92 Å². The average Bonchev–Trinajstić information content (AvgIpc) is 2.84. The van der Waals surface area contributed by atoms with E-state index in [-0.39, 0.29) is 6.10 Å². The van der Waals surface area contributed by atoms with Crippen molar-refractivity contribution in [2.45, 2.75) is 45.1 Å². The van der Waals surface area contributed by atoms with Crippen LogP contribution >= 0.6 is 0 Å². The number of benzene rings is 1. The van der Waals surface area contributed by atoms with Crippen molar-refractivity contribution < 1.29 is 5.11 Å². The van der Waals surface area contributed by atoms with Crippen molar-refractivity contribution in [2.75, 3.05) is 0 Å². The Morgan fingerprint density at radius 2 is 2.00 bits per heavy atom. The van der Waals surface area contributed by atoms with Gasteiger partial charge in [-0.1, -0.05) is 32.0 Å². The highest BCUT2D eigenvalue weighted by Crippen LogP contribution is 2.33. The zero-order valence-corrected chi connectivity index (χ0v) is 11.6. The summed E-state index contributed by atoms with van der Waals surface area (Å²) in [6, 6.07) is 10.6. The van der Waals surface area contributed by atoms with E-state index in [2.05, 4.69) is 54.9 Å². The molecule has 0 fully saturated rings. The van der Waals surface area contributed by atoms with Crippen LogP contribution < -0.4 is 0 Å². The summed E-state index contributed by atoms with van der Waals surface area (Å²) in [4.78, 5) is 0. The highest BCUT2D eigenvalue weighted by molar-refractivity contribution is 5.47. The molecule has 19 heavy (non-hydrogen) atoms. The lowest BCUT2D eigenvalue weighted by atomic mass is 9.94. The number of rotatable bonds is 2. The van der Waals surface area contributed by atoms with E-state index in [1.54, 1.807) is 0 Å². The summed E-state index contributed by atoms with van der Waals surface area (Å²) in [5.41, 5.74) is 5.02. The lowest BCUT2D eigenvalue weighted by Crippen LogP contribution is -2.12.